The predicted octanol–water partition coefficient (Wildman–Crippen LogP) is 2.08. The standard InChI is InChI=1S/C12H13ClN2O3S/c13-8-4-5-9-10(7-8)15(12(16)14-9)11-3-1-2-6-19(11,17)18/h4-5,7,11H,1-3,6H2,(H,14,16). The highest BCUT2D eigenvalue weighted by Crippen LogP contribution is 2.30. The van der Waals surface area contributed by atoms with Crippen molar-refractivity contribution >= 4 is 32.5 Å². The van der Waals surface area contributed by atoms with Gasteiger partial charge in [-0.2, -0.15) is 0 Å². The second-order valence-corrected chi connectivity index (χ2v) is 7.49. The van der Waals surface area contributed by atoms with Crippen molar-refractivity contribution < 1.29 is 8.42 Å². The van der Waals surface area contributed by atoms with Crippen LogP contribution in [0.1, 0.15) is 24.6 Å². The number of halogens is 1. The molecule has 7 heteroatoms. The van der Waals surface area contributed by atoms with E-state index >= 15 is 0 Å². The van der Waals surface area contributed by atoms with Crippen LogP contribution >= 0.6 is 11.6 Å². The van der Waals surface area contributed by atoms with E-state index in [1.165, 1.54) is 4.57 Å². The van der Waals surface area contributed by atoms with Gasteiger partial charge in [0.2, 0.25) is 0 Å². The first kappa shape index (κ1) is 12.7. The fourth-order valence-corrected chi connectivity index (χ4v) is 4.71. The third-order valence-corrected chi connectivity index (χ3v) is 5.88. The van der Waals surface area contributed by atoms with Crippen molar-refractivity contribution in [2.45, 2.75) is 24.6 Å². The van der Waals surface area contributed by atoms with Crippen LogP contribution in [0, 0.1) is 0 Å². The van der Waals surface area contributed by atoms with E-state index in [0.717, 1.165) is 6.42 Å². The summed E-state index contributed by atoms with van der Waals surface area (Å²) in [7, 11) is -3.27. The molecule has 0 saturated carbocycles. The quantitative estimate of drug-likeness (QED) is 0.876. The lowest BCUT2D eigenvalue weighted by Gasteiger charge is -2.23. The molecule has 2 aromatic rings. The highest BCUT2D eigenvalue weighted by molar-refractivity contribution is 7.91. The van der Waals surface area contributed by atoms with Crippen molar-refractivity contribution in [1.29, 1.82) is 0 Å². The van der Waals surface area contributed by atoms with E-state index in [-0.39, 0.29) is 5.75 Å². The minimum absolute atomic E-state index is 0.136. The summed E-state index contributed by atoms with van der Waals surface area (Å²) in [6.07, 6.45) is 1.95. The zero-order valence-corrected chi connectivity index (χ0v) is 11.7. The van der Waals surface area contributed by atoms with E-state index in [9.17, 15) is 13.2 Å². The predicted molar refractivity (Wildman–Crippen MR) is 74.2 cm³/mol. The molecular formula is C12H13ClN2O3S. The normalized spacial score (nSPS) is 22.7. The van der Waals surface area contributed by atoms with Crippen LogP contribution in [0.2, 0.25) is 5.02 Å². The maximum absolute atomic E-state index is 12.2. The van der Waals surface area contributed by atoms with E-state index in [2.05, 4.69) is 4.98 Å². The summed E-state index contributed by atoms with van der Waals surface area (Å²) in [6, 6.07) is 4.98. The van der Waals surface area contributed by atoms with Gasteiger partial charge in [0.05, 0.1) is 16.8 Å². The smallest absolute Gasteiger partial charge is 0.306 e. The molecule has 1 atom stereocenters. The molecule has 0 radical (unpaired) electrons. The third kappa shape index (κ3) is 2.08. The SMILES string of the molecule is O=c1[nH]c2ccc(Cl)cc2n1C1CCCCS1(=O)=O. The minimum atomic E-state index is -3.27. The number of aromatic nitrogens is 2. The number of fused-ring (bicyclic) bond motifs is 1. The summed E-state index contributed by atoms with van der Waals surface area (Å²) < 4.78 is 25.6. The van der Waals surface area contributed by atoms with Gasteiger partial charge in [-0.3, -0.25) is 4.57 Å². The van der Waals surface area contributed by atoms with Crippen molar-refractivity contribution in [1.82, 2.24) is 9.55 Å². The number of nitrogens with one attached hydrogen (secondary N) is 1. The number of imidazole rings is 1. The van der Waals surface area contributed by atoms with Gasteiger partial charge in [-0.15, -0.1) is 0 Å². The van der Waals surface area contributed by atoms with Crippen molar-refractivity contribution in [3.05, 3.63) is 33.7 Å². The second kappa shape index (κ2) is 4.38. The molecule has 1 aromatic heterocycles. The topological polar surface area (TPSA) is 71.9 Å². The van der Waals surface area contributed by atoms with Crippen LogP contribution in [0.3, 0.4) is 0 Å². The molecule has 1 unspecified atom stereocenters. The first-order valence-electron chi connectivity index (χ1n) is 6.10. The molecule has 2 heterocycles. The number of aromatic amines is 1. The van der Waals surface area contributed by atoms with Gasteiger partial charge in [0.15, 0.2) is 9.84 Å². The van der Waals surface area contributed by atoms with Gasteiger partial charge in [-0.1, -0.05) is 11.6 Å². The van der Waals surface area contributed by atoms with Gasteiger partial charge in [0.25, 0.3) is 0 Å². The van der Waals surface area contributed by atoms with E-state index in [0.29, 0.717) is 28.9 Å². The molecule has 1 saturated heterocycles. The molecule has 0 amide bonds. The second-order valence-electron chi connectivity index (χ2n) is 4.78. The lowest BCUT2D eigenvalue weighted by atomic mass is 10.2. The summed E-state index contributed by atoms with van der Waals surface area (Å²) in [6.45, 7) is 0. The Morgan fingerprint density at radius 3 is 2.84 bits per heavy atom. The Kier molecular flexibility index (Phi) is 2.94. The Labute approximate surface area is 115 Å². The summed E-state index contributed by atoms with van der Waals surface area (Å²) in [5.74, 6) is 0.136. The highest BCUT2D eigenvalue weighted by Gasteiger charge is 2.32. The summed E-state index contributed by atoms with van der Waals surface area (Å²) in [5, 5.41) is -0.297. The van der Waals surface area contributed by atoms with Gasteiger partial charge < -0.3 is 4.98 Å². The van der Waals surface area contributed by atoms with Crippen LogP contribution in [-0.2, 0) is 9.84 Å². The summed E-state index contributed by atoms with van der Waals surface area (Å²) in [5.41, 5.74) is 0.760. The monoisotopic (exact) mass is 300 g/mol. The molecule has 0 aliphatic carbocycles. The zero-order chi connectivity index (χ0) is 13.6. The van der Waals surface area contributed by atoms with Crippen LogP contribution in [0.25, 0.3) is 11.0 Å². The minimum Gasteiger partial charge on any atom is -0.306 e. The molecular weight excluding hydrogens is 288 g/mol. The van der Waals surface area contributed by atoms with Gasteiger partial charge in [-0.05, 0) is 37.5 Å². The molecule has 5 nitrogen and oxygen atoms in total. The average molecular weight is 301 g/mol. The van der Waals surface area contributed by atoms with E-state index in [1.807, 2.05) is 0 Å². The third-order valence-electron chi connectivity index (χ3n) is 3.51. The molecule has 0 spiro atoms. The number of sulfone groups is 1. The van der Waals surface area contributed by atoms with E-state index < -0.39 is 20.9 Å². The Morgan fingerprint density at radius 1 is 1.32 bits per heavy atom. The Morgan fingerprint density at radius 2 is 2.11 bits per heavy atom. The molecule has 0 bridgehead atoms. The van der Waals surface area contributed by atoms with Gasteiger partial charge >= 0.3 is 5.69 Å². The van der Waals surface area contributed by atoms with Crippen LogP contribution in [0.4, 0.5) is 0 Å². The molecule has 1 aromatic carbocycles. The highest BCUT2D eigenvalue weighted by atomic mass is 35.5. The number of rotatable bonds is 1. The number of nitrogens with zero attached hydrogens (tertiary/aromatic N) is 1. The molecule has 19 heavy (non-hydrogen) atoms. The van der Waals surface area contributed by atoms with Crippen molar-refractivity contribution in [2.75, 3.05) is 5.75 Å². The van der Waals surface area contributed by atoms with Gasteiger partial charge in [0.1, 0.15) is 5.37 Å². The van der Waals surface area contributed by atoms with E-state index in [4.69, 9.17) is 11.6 Å². The summed E-state index contributed by atoms with van der Waals surface area (Å²) in [4.78, 5) is 14.7. The zero-order valence-electron chi connectivity index (χ0n) is 10.1. The van der Waals surface area contributed by atoms with Crippen LogP contribution in [0.5, 0.6) is 0 Å². The van der Waals surface area contributed by atoms with Crippen molar-refractivity contribution in [3.63, 3.8) is 0 Å². The lowest BCUT2D eigenvalue weighted by molar-refractivity contribution is 0.490. The van der Waals surface area contributed by atoms with Gasteiger partial charge in [-0.25, -0.2) is 13.2 Å². The number of hydrogen-bond donors (Lipinski definition) is 1. The Hall–Kier alpha value is -1.27. The fraction of sp³-hybridized carbons (Fsp3) is 0.417. The summed E-state index contributed by atoms with van der Waals surface area (Å²) >= 11 is 5.93. The Bertz CT molecular complexity index is 791. The molecule has 3 rings (SSSR count). The number of benzene rings is 1. The van der Waals surface area contributed by atoms with Crippen LogP contribution in [-0.4, -0.2) is 23.7 Å². The fourth-order valence-electron chi connectivity index (χ4n) is 2.61. The number of hydrogen-bond acceptors (Lipinski definition) is 3. The van der Waals surface area contributed by atoms with Crippen molar-refractivity contribution in [2.24, 2.45) is 0 Å². The lowest BCUT2D eigenvalue weighted by Crippen LogP contribution is -2.32. The maximum Gasteiger partial charge on any atom is 0.327 e. The van der Waals surface area contributed by atoms with Crippen LogP contribution < -0.4 is 5.69 Å². The molecule has 1 N–H and O–H groups in total. The van der Waals surface area contributed by atoms with Crippen molar-refractivity contribution in [3.8, 4) is 0 Å². The molecule has 1 aliphatic heterocycles. The first-order chi connectivity index (χ1) is 8.99. The van der Waals surface area contributed by atoms with Gasteiger partial charge in [0, 0.05) is 5.02 Å². The van der Waals surface area contributed by atoms with Crippen LogP contribution in [0.15, 0.2) is 23.0 Å². The molecule has 102 valence electrons. The largest absolute Gasteiger partial charge is 0.327 e. The first-order valence-corrected chi connectivity index (χ1v) is 8.20. The average Bonchev–Trinajstić information content (AvgIpc) is 2.65. The maximum atomic E-state index is 12.2. The Balaban J connectivity index is 2.27. The molecule has 1 fully saturated rings. The number of H-pyrrole nitrogens is 1. The van der Waals surface area contributed by atoms with E-state index in [1.54, 1.807) is 18.2 Å². The molecule has 1 aliphatic rings.